The normalized spacial score (nSPS) is 49.6. The first kappa shape index (κ1) is 45.0. The van der Waals surface area contributed by atoms with E-state index in [0.29, 0.717) is 18.3 Å². The van der Waals surface area contributed by atoms with Gasteiger partial charge in [-0.1, -0.05) is 57.9 Å². The number of hydrogen-bond donors (Lipinski definition) is 7. The monoisotopic (exact) mass is 808 g/mol. The zero-order valence-electron chi connectivity index (χ0n) is 35.5. The number of fused-ring (bicyclic) bond motifs is 5. The first-order chi connectivity index (χ1) is 26.6. The minimum Gasteiger partial charge on any atom is -0.463 e. The van der Waals surface area contributed by atoms with Crippen molar-refractivity contribution in [1.29, 1.82) is 0 Å². The van der Waals surface area contributed by atoms with E-state index < -0.39 is 98.2 Å². The highest BCUT2D eigenvalue weighted by Gasteiger charge is 2.70. The lowest BCUT2D eigenvalue weighted by atomic mass is 9.35. The fourth-order valence-corrected chi connectivity index (χ4v) is 13.1. The van der Waals surface area contributed by atoms with Crippen LogP contribution >= 0.6 is 0 Å². The number of aliphatic hydroxyl groups is 7. The van der Waals surface area contributed by atoms with Crippen LogP contribution in [0.15, 0.2) is 23.3 Å². The molecular weight excluding hydrogens is 736 g/mol. The van der Waals surface area contributed by atoms with Crippen LogP contribution < -0.4 is 0 Å². The van der Waals surface area contributed by atoms with Crippen molar-refractivity contribution in [2.24, 2.45) is 45.3 Å². The minimum absolute atomic E-state index is 0.0135. The lowest BCUT2D eigenvalue weighted by Gasteiger charge is -2.70. The van der Waals surface area contributed by atoms with E-state index in [0.717, 1.165) is 44.9 Å². The fourth-order valence-electron chi connectivity index (χ4n) is 13.1. The summed E-state index contributed by atoms with van der Waals surface area (Å²) < 4.78 is 29.7. The number of ether oxygens (including phenoxy) is 5. The SMILES string of the molecule is CC(=O)OC[C@H]1O[C@@H](O[C@H]2[C@H](O[C@H]3CC[C@]4(C)[C@H]5C[C@@H](O)[C@@H]6[C@@H](/C(C)=C\CC=C(C)C)CC[C@@]6(C)[C@]5(C)CC[C@H]4C3(C)C)O[C@H](CO)[C@@H](O)[C@@H]2O)[C@H](O)[C@@H](O)[C@@H]1O. The molecule has 6 fully saturated rings. The molecule has 2 saturated heterocycles. The van der Waals surface area contributed by atoms with Crippen molar-refractivity contribution in [3.63, 3.8) is 0 Å². The average Bonchev–Trinajstić information content (AvgIpc) is 3.52. The van der Waals surface area contributed by atoms with Crippen LogP contribution in [-0.4, -0.2) is 129 Å². The molecule has 0 aromatic rings. The Morgan fingerprint density at radius 3 is 2.02 bits per heavy atom. The van der Waals surface area contributed by atoms with Crippen molar-refractivity contribution in [1.82, 2.24) is 0 Å². The number of carbonyl (C=O) groups is 1. The smallest absolute Gasteiger partial charge is 0.302 e. The molecule has 0 bridgehead atoms. The Balaban J connectivity index is 1.22. The van der Waals surface area contributed by atoms with Gasteiger partial charge in [-0.05, 0) is 117 Å². The Labute approximate surface area is 338 Å². The molecule has 0 aromatic heterocycles. The highest BCUT2D eigenvalue weighted by Crippen LogP contribution is 2.75. The standard InChI is InChI=1S/C44H72O13/c1-22(2)11-10-12-23(3)25-13-17-44(9)32(25)26(47)19-30-42(7)16-15-31(41(5,6)29(42)14-18-43(30,44)8)56-40-38(36(51)33(48)27(20-45)54-40)57-39-37(52)35(50)34(49)28(55-39)21-53-24(4)46/h11-12,25-40,45,47-52H,10,13-21H2,1-9H3/b23-12-/t25-,26-,27-,28-,29+,30-,31+,32+,33-,34-,35+,36+,37-,38-,39+,40+,42+,43-,44-/m1/s1. The van der Waals surface area contributed by atoms with Gasteiger partial charge in [-0.15, -0.1) is 0 Å². The first-order valence-electron chi connectivity index (χ1n) is 21.4. The Kier molecular flexibility index (Phi) is 13.2. The number of allylic oxidation sites excluding steroid dienone is 4. The van der Waals surface area contributed by atoms with Gasteiger partial charge < -0.3 is 59.4 Å². The molecule has 19 atom stereocenters. The highest BCUT2D eigenvalue weighted by molar-refractivity contribution is 5.65. The average molecular weight is 809 g/mol. The van der Waals surface area contributed by atoms with Crippen molar-refractivity contribution in [3.8, 4) is 0 Å². The van der Waals surface area contributed by atoms with Crippen molar-refractivity contribution >= 4 is 5.97 Å². The first-order valence-corrected chi connectivity index (χ1v) is 21.4. The summed E-state index contributed by atoms with van der Waals surface area (Å²) in [5, 5.41) is 76.6. The minimum atomic E-state index is -1.78. The summed E-state index contributed by atoms with van der Waals surface area (Å²) in [7, 11) is 0. The maximum atomic E-state index is 12.2. The fraction of sp³-hybridized carbons (Fsp3) is 0.886. The van der Waals surface area contributed by atoms with Crippen LogP contribution in [0.25, 0.3) is 0 Å². The van der Waals surface area contributed by atoms with Gasteiger partial charge in [-0.3, -0.25) is 4.79 Å². The summed E-state index contributed by atoms with van der Waals surface area (Å²) in [5.74, 6) is 0.447. The van der Waals surface area contributed by atoms with Gasteiger partial charge in [0, 0.05) is 6.92 Å². The van der Waals surface area contributed by atoms with Crippen LogP contribution in [0, 0.1) is 45.3 Å². The Hall–Kier alpha value is -1.49. The van der Waals surface area contributed by atoms with Crippen LogP contribution in [0.2, 0.25) is 0 Å². The molecule has 57 heavy (non-hydrogen) atoms. The number of aliphatic hydroxyl groups excluding tert-OH is 7. The van der Waals surface area contributed by atoms with E-state index in [1.54, 1.807) is 0 Å². The lowest BCUT2D eigenvalue weighted by molar-refractivity contribution is -0.378. The van der Waals surface area contributed by atoms with Gasteiger partial charge in [0.15, 0.2) is 12.6 Å². The van der Waals surface area contributed by atoms with Crippen LogP contribution in [0.5, 0.6) is 0 Å². The second kappa shape index (κ2) is 16.8. The lowest BCUT2D eigenvalue weighted by Crippen LogP contribution is -2.67. The van der Waals surface area contributed by atoms with E-state index in [-0.39, 0.29) is 28.1 Å². The van der Waals surface area contributed by atoms with Crippen LogP contribution in [0.3, 0.4) is 0 Å². The van der Waals surface area contributed by atoms with Crippen LogP contribution in [-0.2, 0) is 28.5 Å². The van der Waals surface area contributed by atoms with E-state index in [4.69, 9.17) is 23.7 Å². The van der Waals surface area contributed by atoms with Crippen LogP contribution in [0.1, 0.15) is 114 Å². The van der Waals surface area contributed by atoms with E-state index in [9.17, 15) is 40.5 Å². The van der Waals surface area contributed by atoms with Gasteiger partial charge in [0.1, 0.15) is 55.4 Å². The van der Waals surface area contributed by atoms with Crippen molar-refractivity contribution < 1.29 is 64.2 Å². The zero-order chi connectivity index (χ0) is 42.0. The molecule has 7 N–H and O–H groups in total. The quantitative estimate of drug-likeness (QED) is 0.0961. The molecule has 0 radical (unpaired) electrons. The van der Waals surface area contributed by atoms with Crippen molar-refractivity contribution in [3.05, 3.63) is 23.3 Å². The van der Waals surface area contributed by atoms with E-state index in [1.807, 2.05) is 0 Å². The van der Waals surface area contributed by atoms with Gasteiger partial charge in [0.25, 0.3) is 0 Å². The molecule has 0 amide bonds. The molecule has 0 unspecified atom stereocenters. The molecule has 0 aromatic carbocycles. The van der Waals surface area contributed by atoms with Gasteiger partial charge in [-0.2, -0.15) is 0 Å². The third kappa shape index (κ3) is 7.83. The highest BCUT2D eigenvalue weighted by atomic mass is 16.8. The summed E-state index contributed by atoms with van der Waals surface area (Å²) in [4.78, 5) is 11.5. The van der Waals surface area contributed by atoms with Crippen molar-refractivity contribution in [2.45, 2.75) is 187 Å². The molecule has 6 rings (SSSR count). The van der Waals surface area contributed by atoms with E-state index in [2.05, 4.69) is 67.5 Å². The van der Waals surface area contributed by atoms with Crippen LogP contribution in [0.4, 0.5) is 0 Å². The van der Waals surface area contributed by atoms with E-state index >= 15 is 0 Å². The number of rotatable bonds is 10. The van der Waals surface area contributed by atoms with Crippen molar-refractivity contribution in [2.75, 3.05) is 13.2 Å². The molecule has 0 spiro atoms. The third-order valence-corrected chi connectivity index (χ3v) is 16.4. The van der Waals surface area contributed by atoms with Gasteiger partial charge in [0.05, 0.1) is 18.8 Å². The van der Waals surface area contributed by atoms with Gasteiger partial charge in [0.2, 0.25) is 0 Å². The molecule has 6 aliphatic rings. The summed E-state index contributed by atoms with van der Waals surface area (Å²) in [6, 6.07) is 0. The number of carbonyl (C=O) groups excluding carboxylic acids is 1. The number of hydrogen-bond acceptors (Lipinski definition) is 13. The summed E-state index contributed by atoms with van der Waals surface area (Å²) in [6.07, 6.45) is -4.05. The topological polar surface area (TPSA) is 205 Å². The Morgan fingerprint density at radius 2 is 1.37 bits per heavy atom. The summed E-state index contributed by atoms with van der Waals surface area (Å²) in [6.45, 7) is 18.5. The predicted octanol–water partition coefficient (Wildman–Crippen LogP) is 3.53. The Morgan fingerprint density at radius 1 is 0.719 bits per heavy atom. The summed E-state index contributed by atoms with van der Waals surface area (Å²) >= 11 is 0. The van der Waals surface area contributed by atoms with Gasteiger partial charge >= 0.3 is 5.97 Å². The second-order valence-electron chi connectivity index (χ2n) is 20.0. The molecule has 13 nitrogen and oxygen atoms in total. The second-order valence-corrected chi connectivity index (χ2v) is 20.0. The molecule has 2 heterocycles. The van der Waals surface area contributed by atoms with Gasteiger partial charge in [-0.25, -0.2) is 0 Å². The molecular formula is C44H72O13. The Bertz CT molecular complexity index is 1500. The predicted molar refractivity (Wildman–Crippen MR) is 209 cm³/mol. The largest absolute Gasteiger partial charge is 0.463 e. The molecule has 13 heteroatoms. The molecule has 2 aliphatic heterocycles. The maximum Gasteiger partial charge on any atom is 0.302 e. The zero-order valence-corrected chi connectivity index (χ0v) is 35.5. The number of esters is 1. The molecule has 4 saturated carbocycles. The third-order valence-electron chi connectivity index (χ3n) is 16.4. The molecule has 4 aliphatic carbocycles. The summed E-state index contributed by atoms with van der Waals surface area (Å²) in [5.41, 5.74) is 2.21. The van der Waals surface area contributed by atoms with E-state index in [1.165, 1.54) is 18.1 Å². The maximum absolute atomic E-state index is 12.2. The molecule has 326 valence electrons.